The molecule has 0 aliphatic heterocycles. The molecule has 0 aromatic carbocycles. The molecule has 1 atom stereocenters. The van der Waals surface area contributed by atoms with Gasteiger partial charge < -0.3 is 0 Å². The Morgan fingerprint density at radius 1 is 0.727 bits per heavy atom. The summed E-state index contributed by atoms with van der Waals surface area (Å²) in [4.78, 5) is 0. The zero-order valence-electron chi connectivity index (χ0n) is 9.70. The number of hydrogen-bond donors (Lipinski definition) is 0. The maximum atomic E-state index is 2.42. The smallest absolute Gasteiger partial charge is 0.0500 e. The van der Waals surface area contributed by atoms with Gasteiger partial charge in [-0.25, -0.2) is 0 Å². The Labute approximate surface area is 77.4 Å². The molecular formula is C10H29P. The third-order valence-electron chi connectivity index (χ3n) is 0.707. The standard InChI is InChI=1S/C5H12.2C2H6.CH5P/c1-3-5-4-2;3*1-2/h3-5H2,1-2H3;2*1-2H3;2H2,1H3. The van der Waals surface area contributed by atoms with Crippen molar-refractivity contribution in [2.75, 3.05) is 6.66 Å². The lowest BCUT2D eigenvalue weighted by Gasteiger charge is -1.79. The molecule has 0 amide bonds. The Bertz CT molecular complexity index is 12.3. The molecule has 1 unspecified atom stereocenters. The molecule has 0 aliphatic rings. The van der Waals surface area contributed by atoms with Crippen molar-refractivity contribution in [2.45, 2.75) is 60.8 Å². The fourth-order valence-electron chi connectivity index (χ4n) is 0.354. The molecule has 0 saturated heterocycles. The third-order valence-corrected chi connectivity index (χ3v) is 0.707. The number of unbranched alkanes of at least 4 members (excludes halogenated alkanes) is 2. The van der Waals surface area contributed by atoms with Crippen LogP contribution in [0.2, 0.25) is 0 Å². The summed E-state index contributed by atoms with van der Waals surface area (Å²) in [5.74, 6) is 0. The lowest BCUT2D eigenvalue weighted by Crippen LogP contribution is -1.59. The summed E-state index contributed by atoms with van der Waals surface area (Å²) in [5.41, 5.74) is 0. The topological polar surface area (TPSA) is 0 Å². The molecule has 74 valence electrons. The van der Waals surface area contributed by atoms with E-state index in [1.165, 1.54) is 19.3 Å². The van der Waals surface area contributed by atoms with Gasteiger partial charge in [0.15, 0.2) is 0 Å². The molecule has 1 heteroatoms. The van der Waals surface area contributed by atoms with Gasteiger partial charge in [0.1, 0.15) is 0 Å². The fourth-order valence-corrected chi connectivity index (χ4v) is 0.354. The minimum atomic E-state index is 1.34. The van der Waals surface area contributed by atoms with Gasteiger partial charge in [-0.1, -0.05) is 67.5 Å². The van der Waals surface area contributed by atoms with E-state index in [0.717, 1.165) is 0 Å². The van der Waals surface area contributed by atoms with Crippen LogP contribution in [-0.2, 0) is 0 Å². The fraction of sp³-hybridized carbons (Fsp3) is 1.00. The first-order valence-electron chi connectivity index (χ1n) is 4.99. The summed E-state index contributed by atoms with van der Waals surface area (Å²) < 4.78 is 0. The summed E-state index contributed by atoms with van der Waals surface area (Å²) >= 11 is 0. The van der Waals surface area contributed by atoms with Crippen LogP contribution in [0.1, 0.15) is 60.8 Å². The minimum absolute atomic E-state index is 1.34. The Morgan fingerprint density at radius 3 is 0.909 bits per heavy atom. The lowest BCUT2D eigenvalue weighted by atomic mass is 10.3. The first-order valence-corrected chi connectivity index (χ1v) is 6.15. The highest BCUT2D eigenvalue weighted by molar-refractivity contribution is 7.15. The molecule has 0 aromatic heterocycles. The Hall–Kier alpha value is 0.430. The minimum Gasteiger partial charge on any atom is -0.141 e. The molecule has 0 saturated carbocycles. The molecule has 0 spiro atoms. The number of hydrogen-bond acceptors (Lipinski definition) is 0. The summed E-state index contributed by atoms with van der Waals surface area (Å²) in [6.07, 6.45) is 4.08. The predicted octanol–water partition coefficient (Wildman–Crippen LogP) is 4.74. The van der Waals surface area contributed by atoms with Crippen molar-refractivity contribution in [2.24, 2.45) is 0 Å². The highest BCUT2D eigenvalue weighted by atomic mass is 31.0. The van der Waals surface area contributed by atoms with Gasteiger partial charge in [-0.15, -0.1) is 9.24 Å². The lowest BCUT2D eigenvalue weighted by molar-refractivity contribution is 0.772. The summed E-state index contributed by atoms with van der Waals surface area (Å²) in [7, 11) is 2.42. The molecule has 0 fully saturated rings. The van der Waals surface area contributed by atoms with Gasteiger partial charge in [0, 0.05) is 0 Å². The van der Waals surface area contributed by atoms with Crippen LogP contribution in [-0.4, -0.2) is 6.66 Å². The molecule has 0 heterocycles. The SMILES string of the molecule is CC.CC.CCCCC.CP. The molecule has 0 aromatic rings. The summed E-state index contributed by atoms with van der Waals surface area (Å²) in [5, 5.41) is 0. The van der Waals surface area contributed by atoms with E-state index >= 15 is 0 Å². The second-order valence-corrected chi connectivity index (χ2v) is 1.35. The molecule has 0 aliphatic carbocycles. The van der Waals surface area contributed by atoms with Crippen LogP contribution in [0.5, 0.6) is 0 Å². The van der Waals surface area contributed by atoms with Gasteiger partial charge in [0.25, 0.3) is 0 Å². The first kappa shape index (κ1) is 22.5. The molecule has 0 N–H and O–H groups in total. The van der Waals surface area contributed by atoms with Crippen LogP contribution >= 0.6 is 9.24 Å². The van der Waals surface area contributed by atoms with Gasteiger partial charge in [-0.3, -0.25) is 0 Å². The molecule has 0 rings (SSSR count). The monoisotopic (exact) mass is 180 g/mol. The predicted molar refractivity (Wildman–Crippen MR) is 63.5 cm³/mol. The Kier molecular flexibility index (Phi) is 161. The average molecular weight is 180 g/mol. The normalized spacial score (nSPS) is 5.45. The Morgan fingerprint density at radius 2 is 0.909 bits per heavy atom. The van der Waals surface area contributed by atoms with Crippen LogP contribution in [0.25, 0.3) is 0 Å². The highest BCUT2D eigenvalue weighted by Crippen LogP contribution is 1.88. The average Bonchev–Trinajstić information content (AvgIpc) is 2.16. The van der Waals surface area contributed by atoms with Crippen LogP contribution in [0, 0.1) is 0 Å². The zero-order valence-corrected chi connectivity index (χ0v) is 10.9. The van der Waals surface area contributed by atoms with E-state index in [1.54, 1.807) is 0 Å². The van der Waals surface area contributed by atoms with Crippen molar-refractivity contribution in [1.29, 1.82) is 0 Å². The molecular weight excluding hydrogens is 151 g/mol. The van der Waals surface area contributed by atoms with Crippen LogP contribution in [0.3, 0.4) is 0 Å². The van der Waals surface area contributed by atoms with Crippen molar-refractivity contribution in [3.8, 4) is 0 Å². The van der Waals surface area contributed by atoms with Crippen LogP contribution < -0.4 is 0 Å². The van der Waals surface area contributed by atoms with E-state index in [1.807, 2.05) is 34.4 Å². The van der Waals surface area contributed by atoms with Gasteiger partial charge in [0.2, 0.25) is 0 Å². The Balaban J connectivity index is -0.0000000350. The van der Waals surface area contributed by atoms with Crippen LogP contribution in [0.4, 0.5) is 0 Å². The van der Waals surface area contributed by atoms with E-state index in [2.05, 4.69) is 23.1 Å². The zero-order chi connectivity index (χ0) is 10.1. The third kappa shape index (κ3) is 126. The van der Waals surface area contributed by atoms with Crippen molar-refractivity contribution in [3.05, 3.63) is 0 Å². The van der Waals surface area contributed by atoms with Crippen molar-refractivity contribution >= 4 is 9.24 Å². The van der Waals surface area contributed by atoms with E-state index in [9.17, 15) is 0 Å². The van der Waals surface area contributed by atoms with Gasteiger partial charge in [-0.05, 0) is 0 Å². The van der Waals surface area contributed by atoms with E-state index < -0.39 is 0 Å². The van der Waals surface area contributed by atoms with E-state index in [0.29, 0.717) is 0 Å². The van der Waals surface area contributed by atoms with E-state index in [4.69, 9.17) is 0 Å². The molecule has 0 bridgehead atoms. The second kappa shape index (κ2) is 78.8. The van der Waals surface area contributed by atoms with Gasteiger partial charge >= 0.3 is 0 Å². The van der Waals surface area contributed by atoms with E-state index in [-0.39, 0.29) is 0 Å². The molecule has 0 radical (unpaired) electrons. The first-order chi connectivity index (χ1) is 5.41. The summed E-state index contributed by atoms with van der Waals surface area (Å²) in [6, 6.07) is 0. The van der Waals surface area contributed by atoms with Gasteiger partial charge in [0.05, 0.1) is 0 Å². The maximum absolute atomic E-state index is 2.42. The summed E-state index contributed by atoms with van der Waals surface area (Å²) in [6.45, 7) is 14.3. The van der Waals surface area contributed by atoms with Crippen molar-refractivity contribution in [1.82, 2.24) is 0 Å². The quantitative estimate of drug-likeness (QED) is 0.538. The molecule has 0 nitrogen and oxygen atoms in total. The highest BCUT2D eigenvalue weighted by Gasteiger charge is 1.68. The second-order valence-electron chi connectivity index (χ2n) is 1.35. The van der Waals surface area contributed by atoms with Crippen LogP contribution in [0.15, 0.2) is 0 Å². The van der Waals surface area contributed by atoms with Crippen molar-refractivity contribution in [3.63, 3.8) is 0 Å². The number of rotatable bonds is 2. The largest absolute Gasteiger partial charge is 0.141 e. The van der Waals surface area contributed by atoms with Gasteiger partial charge in [-0.2, -0.15) is 0 Å². The van der Waals surface area contributed by atoms with Crippen molar-refractivity contribution < 1.29 is 0 Å². The maximum Gasteiger partial charge on any atom is -0.0500 e. The molecule has 11 heavy (non-hydrogen) atoms.